The summed E-state index contributed by atoms with van der Waals surface area (Å²) in [6, 6.07) is 10.5. The third kappa shape index (κ3) is 4.55. The maximum atomic E-state index is 11.9. The van der Waals surface area contributed by atoms with Gasteiger partial charge in [0.25, 0.3) is 5.91 Å². The van der Waals surface area contributed by atoms with E-state index in [4.69, 9.17) is 4.74 Å². The Bertz CT molecular complexity index is 950. The average molecular weight is 368 g/mol. The number of hydrazine groups is 1. The summed E-state index contributed by atoms with van der Waals surface area (Å²) in [4.78, 5) is 27.7. The summed E-state index contributed by atoms with van der Waals surface area (Å²) >= 11 is 0. The zero-order valence-corrected chi connectivity index (χ0v) is 15.1. The van der Waals surface area contributed by atoms with Crippen molar-refractivity contribution in [2.24, 2.45) is 0 Å². The number of nitrogens with one attached hydrogen (secondary N) is 2. The second kappa shape index (κ2) is 8.22. The fourth-order valence-electron chi connectivity index (χ4n) is 2.48. The molecule has 0 saturated carbocycles. The molecule has 0 spiro atoms. The first-order valence-electron chi connectivity index (χ1n) is 8.46. The van der Waals surface area contributed by atoms with Crippen LogP contribution in [0.2, 0.25) is 0 Å². The number of carbonyl (C=O) groups excluding carboxylic acids is 2. The number of aromatic nitrogens is 2. The highest BCUT2D eigenvalue weighted by Crippen LogP contribution is 2.15. The molecule has 0 aliphatic heterocycles. The van der Waals surface area contributed by atoms with Gasteiger partial charge in [0, 0.05) is 18.0 Å². The van der Waals surface area contributed by atoms with Gasteiger partial charge in [-0.2, -0.15) is 0 Å². The number of nitrogens with zero attached hydrogens (tertiary/aromatic N) is 2. The summed E-state index contributed by atoms with van der Waals surface area (Å²) in [6.07, 6.45) is 3.15. The molecule has 2 aromatic heterocycles. The molecule has 3 aromatic rings. The highest BCUT2D eigenvalue weighted by molar-refractivity contribution is 5.95. The fourth-order valence-corrected chi connectivity index (χ4v) is 2.48. The first-order valence-corrected chi connectivity index (χ1v) is 8.46. The lowest BCUT2D eigenvalue weighted by Crippen LogP contribution is -2.41. The number of fused-ring (bicyclic) bond motifs is 1. The van der Waals surface area contributed by atoms with E-state index in [1.807, 2.05) is 35.9 Å². The molecule has 0 aliphatic rings. The SMILES string of the molecule is CCOC(=O)NNC(=O)c1ccc(OCc2cn3cccc(C)c3n2)cc1. The van der Waals surface area contributed by atoms with Gasteiger partial charge in [0.2, 0.25) is 0 Å². The Morgan fingerprint density at radius 3 is 2.63 bits per heavy atom. The van der Waals surface area contributed by atoms with Crippen LogP contribution in [-0.2, 0) is 11.3 Å². The average Bonchev–Trinajstić information content (AvgIpc) is 3.10. The van der Waals surface area contributed by atoms with Crippen LogP contribution >= 0.6 is 0 Å². The molecule has 0 fully saturated rings. The highest BCUT2D eigenvalue weighted by atomic mass is 16.6. The van der Waals surface area contributed by atoms with Crippen LogP contribution in [0, 0.1) is 6.92 Å². The Balaban J connectivity index is 1.56. The van der Waals surface area contributed by atoms with Crippen LogP contribution in [0.1, 0.15) is 28.5 Å². The van der Waals surface area contributed by atoms with E-state index in [1.54, 1.807) is 31.2 Å². The van der Waals surface area contributed by atoms with Crippen molar-refractivity contribution in [3.63, 3.8) is 0 Å². The molecule has 0 radical (unpaired) electrons. The van der Waals surface area contributed by atoms with Gasteiger partial charge in [-0.25, -0.2) is 15.2 Å². The van der Waals surface area contributed by atoms with E-state index in [2.05, 4.69) is 20.6 Å². The Morgan fingerprint density at radius 2 is 1.93 bits per heavy atom. The largest absolute Gasteiger partial charge is 0.487 e. The summed E-state index contributed by atoms with van der Waals surface area (Å²) in [5, 5.41) is 0. The number of ether oxygens (including phenoxy) is 2. The molecule has 0 bridgehead atoms. The van der Waals surface area contributed by atoms with Gasteiger partial charge in [-0.1, -0.05) is 6.07 Å². The molecule has 0 saturated heterocycles. The maximum Gasteiger partial charge on any atom is 0.426 e. The van der Waals surface area contributed by atoms with Crippen LogP contribution in [0.4, 0.5) is 4.79 Å². The minimum absolute atomic E-state index is 0.222. The molecule has 8 nitrogen and oxygen atoms in total. The van der Waals surface area contributed by atoms with E-state index in [9.17, 15) is 9.59 Å². The standard InChI is InChI=1S/C19H20N4O4/c1-3-26-19(25)22-21-18(24)14-6-8-16(9-7-14)27-12-15-11-23-10-4-5-13(2)17(23)20-15/h4-11H,3,12H2,1-2H3,(H,21,24)(H,22,25). The van der Waals surface area contributed by atoms with Crippen molar-refractivity contribution in [2.75, 3.05) is 6.61 Å². The Kier molecular flexibility index (Phi) is 5.55. The second-order valence-corrected chi connectivity index (χ2v) is 5.77. The van der Waals surface area contributed by atoms with Gasteiger partial charge in [0.1, 0.15) is 18.0 Å². The minimum Gasteiger partial charge on any atom is -0.487 e. The molecule has 27 heavy (non-hydrogen) atoms. The van der Waals surface area contributed by atoms with Gasteiger partial charge in [-0.3, -0.25) is 10.2 Å². The van der Waals surface area contributed by atoms with Crippen LogP contribution in [0.25, 0.3) is 5.65 Å². The number of imidazole rings is 1. The van der Waals surface area contributed by atoms with E-state index in [-0.39, 0.29) is 6.61 Å². The van der Waals surface area contributed by atoms with Crippen molar-refractivity contribution >= 4 is 17.6 Å². The van der Waals surface area contributed by atoms with Crippen LogP contribution in [-0.4, -0.2) is 28.0 Å². The van der Waals surface area contributed by atoms with Crippen LogP contribution < -0.4 is 15.6 Å². The van der Waals surface area contributed by atoms with Crippen LogP contribution in [0.5, 0.6) is 5.75 Å². The lowest BCUT2D eigenvalue weighted by Gasteiger charge is -2.08. The molecule has 8 heteroatoms. The predicted molar refractivity (Wildman–Crippen MR) is 98.3 cm³/mol. The van der Waals surface area contributed by atoms with E-state index >= 15 is 0 Å². The number of pyridine rings is 1. The molecule has 3 rings (SSSR count). The summed E-state index contributed by atoms with van der Waals surface area (Å²) in [6.45, 7) is 4.22. The molecule has 0 atom stereocenters. The van der Waals surface area contributed by atoms with Crippen LogP contribution in [0.3, 0.4) is 0 Å². The molecule has 2 heterocycles. The van der Waals surface area contributed by atoms with Gasteiger partial charge >= 0.3 is 6.09 Å². The van der Waals surface area contributed by atoms with Crippen molar-refractivity contribution in [1.29, 1.82) is 0 Å². The number of amides is 2. The molecule has 1 aromatic carbocycles. The third-order valence-electron chi connectivity index (χ3n) is 3.78. The molecule has 140 valence electrons. The lowest BCUT2D eigenvalue weighted by atomic mass is 10.2. The lowest BCUT2D eigenvalue weighted by molar-refractivity contribution is 0.0912. The van der Waals surface area contributed by atoms with Crippen molar-refractivity contribution in [3.05, 3.63) is 65.6 Å². The van der Waals surface area contributed by atoms with Crippen molar-refractivity contribution in [2.45, 2.75) is 20.5 Å². The number of benzene rings is 1. The topological polar surface area (TPSA) is 94.0 Å². The first kappa shape index (κ1) is 18.2. The quantitative estimate of drug-likeness (QED) is 0.675. The number of aryl methyl sites for hydroxylation is 1. The van der Waals surface area contributed by atoms with Gasteiger partial charge in [0.15, 0.2) is 0 Å². The van der Waals surface area contributed by atoms with E-state index < -0.39 is 12.0 Å². The number of hydrogen-bond donors (Lipinski definition) is 2. The van der Waals surface area contributed by atoms with Crippen molar-refractivity contribution in [1.82, 2.24) is 20.2 Å². The zero-order valence-electron chi connectivity index (χ0n) is 15.1. The van der Waals surface area contributed by atoms with Gasteiger partial charge in [0.05, 0.1) is 12.3 Å². The normalized spacial score (nSPS) is 10.4. The highest BCUT2D eigenvalue weighted by Gasteiger charge is 2.08. The maximum absolute atomic E-state index is 11.9. The van der Waals surface area contributed by atoms with E-state index in [0.29, 0.717) is 17.9 Å². The third-order valence-corrected chi connectivity index (χ3v) is 3.78. The zero-order chi connectivity index (χ0) is 19.2. The minimum atomic E-state index is -0.714. The van der Waals surface area contributed by atoms with Gasteiger partial charge in [-0.05, 0) is 49.7 Å². The predicted octanol–water partition coefficient (Wildman–Crippen LogP) is 2.61. The molecule has 0 unspecified atom stereocenters. The Morgan fingerprint density at radius 1 is 1.15 bits per heavy atom. The second-order valence-electron chi connectivity index (χ2n) is 5.77. The monoisotopic (exact) mass is 368 g/mol. The first-order chi connectivity index (χ1) is 13.1. The molecule has 0 aliphatic carbocycles. The summed E-state index contributed by atoms with van der Waals surface area (Å²) in [5.41, 5.74) is 7.60. The molecule has 2 N–H and O–H groups in total. The van der Waals surface area contributed by atoms with Crippen molar-refractivity contribution in [3.8, 4) is 5.75 Å². The Labute approximate surface area is 156 Å². The van der Waals surface area contributed by atoms with Gasteiger partial charge in [-0.15, -0.1) is 0 Å². The fraction of sp³-hybridized carbons (Fsp3) is 0.211. The summed E-state index contributed by atoms with van der Waals surface area (Å²) in [5.74, 6) is 0.157. The van der Waals surface area contributed by atoms with Crippen LogP contribution in [0.15, 0.2) is 48.8 Å². The number of carbonyl (C=O) groups is 2. The summed E-state index contributed by atoms with van der Waals surface area (Å²) in [7, 11) is 0. The number of rotatable bonds is 5. The smallest absolute Gasteiger partial charge is 0.426 e. The molecular formula is C19H20N4O4. The molecular weight excluding hydrogens is 348 g/mol. The molecule has 2 amide bonds. The van der Waals surface area contributed by atoms with Gasteiger partial charge < -0.3 is 13.9 Å². The van der Waals surface area contributed by atoms with E-state index in [1.165, 1.54) is 0 Å². The van der Waals surface area contributed by atoms with Crippen molar-refractivity contribution < 1.29 is 19.1 Å². The van der Waals surface area contributed by atoms with E-state index in [0.717, 1.165) is 16.9 Å². The Hall–Kier alpha value is -3.55. The number of hydrogen-bond acceptors (Lipinski definition) is 5. The summed E-state index contributed by atoms with van der Waals surface area (Å²) < 4.78 is 12.3.